The fourth-order valence-electron chi connectivity index (χ4n) is 2.97. The number of amides is 1. The van der Waals surface area contributed by atoms with Crippen molar-refractivity contribution >= 4 is 35.1 Å². The average molecular weight is 473 g/mol. The molecule has 2 rings (SSSR count). The van der Waals surface area contributed by atoms with Crippen LogP contribution >= 0.6 is 11.6 Å². The monoisotopic (exact) mass is 472 g/mol. The number of carbonyl (C=O) groups is 2. The molecule has 0 saturated carbocycles. The van der Waals surface area contributed by atoms with Crippen molar-refractivity contribution in [2.24, 2.45) is 21.2 Å². The molecule has 1 N–H and O–H groups in total. The molecular formula is C24H29ClN4O4. The zero-order valence-electron chi connectivity index (χ0n) is 19.4. The van der Waals surface area contributed by atoms with Gasteiger partial charge in [-0.2, -0.15) is 15.3 Å². The van der Waals surface area contributed by atoms with Crippen LogP contribution in [0.3, 0.4) is 0 Å². The Bertz CT molecular complexity index is 986. The number of carbonyl (C=O) groups excluding carboxylic acids is 2. The van der Waals surface area contributed by atoms with Crippen molar-refractivity contribution < 1.29 is 19.1 Å². The Labute approximate surface area is 199 Å². The van der Waals surface area contributed by atoms with Gasteiger partial charge in [-0.15, -0.1) is 0 Å². The molecule has 0 fully saturated rings. The fourth-order valence-corrected chi connectivity index (χ4v) is 3.10. The number of ether oxygens (including phenoxy) is 2. The highest BCUT2D eigenvalue weighted by Crippen LogP contribution is 2.32. The number of methoxy groups -OCH3 is 1. The van der Waals surface area contributed by atoms with Crippen LogP contribution in [0.5, 0.6) is 0 Å². The number of hydrazone groups is 1. The number of nitrogens with zero attached hydrogens (tertiary/aromatic N) is 3. The van der Waals surface area contributed by atoms with E-state index in [1.165, 1.54) is 7.11 Å². The van der Waals surface area contributed by atoms with E-state index in [0.29, 0.717) is 28.4 Å². The first-order valence-electron chi connectivity index (χ1n) is 10.5. The van der Waals surface area contributed by atoms with Crippen molar-refractivity contribution in [3.05, 3.63) is 65.2 Å². The van der Waals surface area contributed by atoms with Gasteiger partial charge in [0.25, 0.3) is 0 Å². The van der Waals surface area contributed by atoms with E-state index in [1.54, 1.807) is 57.2 Å². The van der Waals surface area contributed by atoms with Crippen LogP contribution in [0.2, 0.25) is 5.02 Å². The summed E-state index contributed by atoms with van der Waals surface area (Å²) in [5.41, 5.74) is 3.35. The Hall–Kier alpha value is -3.26. The highest BCUT2D eigenvalue weighted by Gasteiger charge is 2.35. The normalized spacial score (nSPS) is 13.9. The topological polar surface area (TPSA) is 102 Å². The zero-order valence-corrected chi connectivity index (χ0v) is 20.2. The molecule has 2 unspecified atom stereocenters. The van der Waals surface area contributed by atoms with Crippen molar-refractivity contribution in [3.63, 3.8) is 0 Å². The van der Waals surface area contributed by atoms with Crippen LogP contribution in [0.1, 0.15) is 45.7 Å². The highest BCUT2D eigenvalue weighted by molar-refractivity contribution is 6.30. The Morgan fingerprint density at radius 2 is 1.70 bits per heavy atom. The van der Waals surface area contributed by atoms with Gasteiger partial charge in [0, 0.05) is 5.02 Å². The molecule has 0 spiro atoms. The van der Waals surface area contributed by atoms with Gasteiger partial charge in [-0.3, -0.25) is 4.79 Å². The average Bonchev–Trinajstić information content (AvgIpc) is 2.78. The lowest BCUT2D eigenvalue weighted by Crippen LogP contribution is -2.34. The number of azo groups is 1. The first-order valence-corrected chi connectivity index (χ1v) is 10.9. The summed E-state index contributed by atoms with van der Waals surface area (Å²) in [6.07, 6.45) is -0.383. The van der Waals surface area contributed by atoms with Crippen LogP contribution in [0, 0.1) is 5.92 Å². The Morgan fingerprint density at radius 3 is 2.24 bits per heavy atom. The molecule has 0 aliphatic carbocycles. The summed E-state index contributed by atoms with van der Waals surface area (Å²) in [5.74, 6) is -1.50. The second-order valence-corrected chi connectivity index (χ2v) is 8.56. The molecule has 1 amide bonds. The quantitative estimate of drug-likeness (QED) is 0.212. The number of esters is 1. The third-order valence-electron chi connectivity index (χ3n) is 4.45. The summed E-state index contributed by atoms with van der Waals surface area (Å²) in [4.78, 5) is 25.0. The van der Waals surface area contributed by atoms with E-state index in [0.717, 1.165) is 0 Å². The van der Waals surface area contributed by atoms with Crippen molar-refractivity contribution in [2.75, 3.05) is 7.11 Å². The number of nitrogens with one attached hydrogen (secondary N) is 1. The van der Waals surface area contributed by atoms with Crippen molar-refractivity contribution in [1.29, 1.82) is 0 Å². The zero-order chi connectivity index (χ0) is 24.4. The smallest absolute Gasteiger partial charge is 0.428 e. The molecule has 0 aliphatic heterocycles. The standard InChI is InChI=1S/C24H29ClN4O4/c1-6-19(27-29-23(31)33-24(2,3)4)20(22(30)32-5)21(16-12-14-17(25)15-13-16)28-26-18-10-8-7-9-11-18/h7-15,20-21H,6H2,1-5H3,(H,29,31)/b27-19+,28-26?. The summed E-state index contributed by atoms with van der Waals surface area (Å²) < 4.78 is 10.3. The molecule has 0 bridgehead atoms. The van der Waals surface area contributed by atoms with Gasteiger partial charge in [-0.25, -0.2) is 10.2 Å². The molecule has 0 radical (unpaired) electrons. The van der Waals surface area contributed by atoms with Gasteiger partial charge >= 0.3 is 12.1 Å². The minimum atomic E-state index is -0.941. The van der Waals surface area contributed by atoms with Gasteiger partial charge in [-0.05, 0) is 57.0 Å². The first-order chi connectivity index (χ1) is 15.6. The molecule has 8 nitrogen and oxygen atoms in total. The molecule has 9 heteroatoms. The summed E-state index contributed by atoms with van der Waals surface area (Å²) >= 11 is 6.06. The number of rotatable bonds is 8. The maximum atomic E-state index is 12.9. The highest BCUT2D eigenvalue weighted by atomic mass is 35.5. The van der Waals surface area contributed by atoms with E-state index in [4.69, 9.17) is 21.1 Å². The molecule has 0 aliphatic rings. The lowest BCUT2D eigenvalue weighted by molar-refractivity contribution is -0.143. The van der Waals surface area contributed by atoms with E-state index in [2.05, 4.69) is 20.8 Å². The molecule has 2 aromatic rings. The van der Waals surface area contributed by atoms with Crippen molar-refractivity contribution in [2.45, 2.75) is 45.8 Å². The van der Waals surface area contributed by atoms with Crippen LogP contribution in [-0.2, 0) is 14.3 Å². The Kier molecular flexibility index (Phi) is 9.54. The van der Waals surface area contributed by atoms with Gasteiger partial charge in [0.1, 0.15) is 17.6 Å². The van der Waals surface area contributed by atoms with E-state index in [1.807, 2.05) is 25.1 Å². The number of benzene rings is 2. The lowest BCUT2D eigenvalue weighted by Gasteiger charge is -2.23. The predicted molar refractivity (Wildman–Crippen MR) is 128 cm³/mol. The van der Waals surface area contributed by atoms with Gasteiger partial charge in [-0.1, -0.05) is 48.9 Å². The van der Waals surface area contributed by atoms with Gasteiger partial charge in [0.2, 0.25) is 0 Å². The van der Waals surface area contributed by atoms with Crippen molar-refractivity contribution in [3.8, 4) is 0 Å². The lowest BCUT2D eigenvalue weighted by atomic mass is 9.88. The molecule has 2 aromatic carbocycles. The minimum absolute atomic E-state index is 0.348. The summed E-state index contributed by atoms with van der Waals surface area (Å²) in [6.45, 7) is 7.05. The summed E-state index contributed by atoms with van der Waals surface area (Å²) in [7, 11) is 1.29. The van der Waals surface area contributed by atoms with Crippen molar-refractivity contribution in [1.82, 2.24) is 5.43 Å². The maximum Gasteiger partial charge on any atom is 0.428 e. The van der Waals surface area contributed by atoms with Gasteiger partial charge in [0.05, 0.1) is 18.5 Å². The van der Waals surface area contributed by atoms with Crippen LogP contribution in [0.25, 0.3) is 0 Å². The van der Waals surface area contributed by atoms with Crippen LogP contribution < -0.4 is 5.43 Å². The molecule has 33 heavy (non-hydrogen) atoms. The van der Waals surface area contributed by atoms with Gasteiger partial charge in [0.15, 0.2) is 0 Å². The number of hydrogen-bond donors (Lipinski definition) is 1. The fraction of sp³-hybridized carbons (Fsp3) is 0.375. The molecule has 176 valence electrons. The predicted octanol–water partition coefficient (Wildman–Crippen LogP) is 6.24. The number of hydrogen-bond acceptors (Lipinski definition) is 7. The van der Waals surface area contributed by atoms with E-state index < -0.39 is 29.6 Å². The maximum absolute atomic E-state index is 12.9. The molecule has 0 heterocycles. The molecule has 0 saturated heterocycles. The van der Waals surface area contributed by atoms with Gasteiger partial charge < -0.3 is 9.47 Å². The molecule has 2 atom stereocenters. The second-order valence-electron chi connectivity index (χ2n) is 8.12. The Morgan fingerprint density at radius 1 is 1.06 bits per heavy atom. The first kappa shape index (κ1) is 26.0. The third kappa shape index (κ3) is 8.31. The Balaban J connectivity index is 2.48. The van der Waals surface area contributed by atoms with Crippen LogP contribution in [0.15, 0.2) is 69.9 Å². The summed E-state index contributed by atoms with van der Waals surface area (Å²) in [6, 6.07) is 15.3. The third-order valence-corrected chi connectivity index (χ3v) is 4.70. The molecule has 0 aromatic heterocycles. The number of halogens is 1. The second kappa shape index (κ2) is 12.1. The van der Waals surface area contributed by atoms with E-state index in [9.17, 15) is 9.59 Å². The van der Waals surface area contributed by atoms with E-state index >= 15 is 0 Å². The SMILES string of the molecule is CC/C(=N\NC(=O)OC(C)(C)C)C(C(=O)OC)C(N=Nc1ccccc1)c1ccc(Cl)cc1. The molecular weight excluding hydrogens is 444 g/mol. The summed E-state index contributed by atoms with van der Waals surface area (Å²) in [5, 5.41) is 13.5. The van der Waals surface area contributed by atoms with Crippen LogP contribution in [0.4, 0.5) is 10.5 Å². The minimum Gasteiger partial charge on any atom is -0.468 e. The van der Waals surface area contributed by atoms with E-state index in [-0.39, 0.29) is 0 Å². The largest absolute Gasteiger partial charge is 0.468 e. The van der Waals surface area contributed by atoms with Crippen LogP contribution in [-0.4, -0.2) is 30.5 Å².